The van der Waals surface area contributed by atoms with Gasteiger partial charge in [-0.2, -0.15) is 0 Å². The fourth-order valence-corrected chi connectivity index (χ4v) is 2.51. The molecule has 0 saturated carbocycles. The van der Waals surface area contributed by atoms with Crippen molar-refractivity contribution in [1.29, 1.82) is 0 Å². The summed E-state index contributed by atoms with van der Waals surface area (Å²) in [5.74, 6) is 2.23. The Morgan fingerprint density at radius 3 is 2.41 bits per heavy atom. The molecule has 1 heterocycles. The van der Waals surface area contributed by atoms with Crippen molar-refractivity contribution < 1.29 is 9.47 Å². The Morgan fingerprint density at radius 1 is 1.18 bits per heavy atom. The first-order chi connectivity index (χ1) is 8.17. The van der Waals surface area contributed by atoms with Crippen molar-refractivity contribution in [1.82, 2.24) is 5.32 Å². The normalized spacial score (nSPS) is 19.0. The van der Waals surface area contributed by atoms with Crippen LogP contribution in [0.3, 0.4) is 0 Å². The lowest BCUT2D eigenvalue weighted by molar-refractivity contribution is 0.347. The summed E-state index contributed by atoms with van der Waals surface area (Å²) in [7, 11) is 3.37. The summed E-state index contributed by atoms with van der Waals surface area (Å²) in [5.41, 5.74) is 2.73. The van der Waals surface area contributed by atoms with Gasteiger partial charge in [-0.15, -0.1) is 0 Å². The van der Waals surface area contributed by atoms with Gasteiger partial charge >= 0.3 is 0 Å². The summed E-state index contributed by atoms with van der Waals surface area (Å²) >= 11 is 0. The van der Waals surface area contributed by atoms with Crippen LogP contribution in [0.15, 0.2) is 12.1 Å². The van der Waals surface area contributed by atoms with Crippen LogP contribution in [0.1, 0.15) is 31.0 Å². The first-order valence-corrected chi connectivity index (χ1v) is 6.15. The maximum absolute atomic E-state index is 5.38. The average molecular weight is 235 g/mol. The molecule has 1 N–H and O–H groups in total. The predicted molar refractivity (Wildman–Crippen MR) is 68.8 cm³/mol. The summed E-state index contributed by atoms with van der Waals surface area (Å²) in [5, 5.41) is 3.57. The molecule has 1 atom stereocenters. The Morgan fingerprint density at radius 2 is 1.82 bits per heavy atom. The Kier molecular flexibility index (Phi) is 3.57. The quantitative estimate of drug-likeness (QED) is 0.873. The Bertz CT molecular complexity index is 401. The molecular weight excluding hydrogens is 214 g/mol. The molecule has 3 heteroatoms. The van der Waals surface area contributed by atoms with E-state index >= 15 is 0 Å². The van der Waals surface area contributed by atoms with Crippen LogP contribution < -0.4 is 14.8 Å². The molecular formula is C14H21NO2. The highest BCUT2D eigenvalue weighted by atomic mass is 16.5. The van der Waals surface area contributed by atoms with Crippen LogP contribution in [-0.2, 0) is 6.42 Å². The van der Waals surface area contributed by atoms with Gasteiger partial charge in [-0.25, -0.2) is 0 Å². The smallest absolute Gasteiger partial charge is 0.161 e. The molecule has 1 aromatic carbocycles. The second-order valence-electron chi connectivity index (χ2n) is 4.83. The van der Waals surface area contributed by atoms with Crippen LogP contribution in [-0.4, -0.2) is 20.8 Å². The highest BCUT2D eigenvalue weighted by molar-refractivity contribution is 5.49. The highest BCUT2D eigenvalue weighted by Crippen LogP contribution is 2.37. The Balaban J connectivity index is 2.47. The van der Waals surface area contributed by atoms with Crippen molar-refractivity contribution in [2.75, 3.05) is 20.8 Å². The van der Waals surface area contributed by atoms with Crippen LogP contribution in [0.5, 0.6) is 11.5 Å². The maximum Gasteiger partial charge on any atom is 0.161 e. The zero-order valence-electron chi connectivity index (χ0n) is 11.0. The van der Waals surface area contributed by atoms with Gasteiger partial charge in [0, 0.05) is 6.04 Å². The van der Waals surface area contributed by atoms with E-state index in [2.05, 4.69) is 31.3 Å². The van der Waals surface area contributed by atoms with Crippen molar-refractivity contribution in [2.45, 2.75) is 26.3 Å². The van der Waals surface area contributed by atoms with E-state index in [0.717, 1.165) is 24.5 Å². The second kappa shape index (κ2) is 4.96. The van der Waals surface area contributed by atoms with Crippen molar-refractivity contribution in [3.05, 3.63) is 23.3 Å². The van der Waals surface area contributed by atoms with Gasteiger partial charge < -0.3 is 14.8 Å². The van der Waals surface area contributed by atoms with E-state index in [4.69, 9.17) is 9.47 Å². The number of nitrogens with one attached hydrogen (secondary N) is 1. The van der Waals surface area contributed by atoms with E-state index in [9.17, 15) is 0 Å². The van der Waals surface area contributed by atoms with Crippen molar-refractivity contribution >= 4 is 0 Å². The van der Waals surface area contributed by atoms with E-state index in [1.165, 1.54) is 11.1 Å². The molecule has 1 aliphatic heterocycles. The minimum Gasteiger partial charge on any atom is -0.493 e. The fourth-order valence-electron chi connectivity index (χ4n) is 2.51. The number of benzene rings is 1. The third-order valence-corrected chi connectivity index (χ3v) is 3.41. The van der Waals surface area contributed by atoms with Gasteiger partial charge in [0.2, 0.25) is 0 Å². The Hall–Kier alpha value is -1.22. The molecule has 0 radical (unpaired) electrons. The minimum atomic E-state index is 0.415. The van der Waals surface area contributed by atoms with Gasteiger partial charge in [-0.3, -0.25) is 0 Å². The number of hydrogen-bond acceptors (Lipinski definition) is 3. The van der Waals surface area contributed by atoms with Crippen molar-refractivity contribution in [3.8, 4) is 11.5 Å². The zero-order valence-corrected chi connectivity index (χ0v) is 11.0. The van der Waals surface area contributed by atoms with Crippen LogP contribution >= 0.6 is 0 Å². The zero-order chi connectivity index (χ0) is 12.4. The van der Waals surface area contributed by atoms with Crippen LogP contribution in [0, 0.1) is 5.92 Å². The van der Waals surface area contributed by atoms with E-state index in [-0.39, 0.29) is 0 Å². The van der Waals surface area contributed by atoms with Crippen LogP contribution in [0.2, 0.25) is 0 Å². The maximum atomic E-state index is 5.38. The largest absolute Gasteiger partial charge is 0.493 e. The molecule has 0 unspecified atom stereocenters. The van der Waals surface area contributed by atoms with Gasteiger partial charge in [-0.05, 0) is 42.1 Å². The van der Waals surface area contributed by atoms with Crippen molar-refractivity contribution in [3.63, 3.8) is 0 Å². The minimum absolute atomic E-state index is 0.415. The summed E-state index contributed by atoms with van der Waals surface area (Å²) < 4.78 is 10.7. The Labute approximate surface area is 103 Å². The van der Waals surface area contributed by atoms with Crippen LogP contribution in [0.25, 0.3) is 0 Å². The third-order valence-electron chi connectivity index (χ3n) is 3.41. The summed E-state index contributed by atoms with van der Waals surface area (Å²) in [6.45, 7) is 5.51. The van der Waals surface area contributed by atoms with E-state index in [0.29, 0.717) is 12.0 Å². The van der Waals surface area contributed by atoms with Crippen molar-refractivity contribution in [2.24, 2.45) is 5.92 Å². The topological polar surface area (TPSA) is 30.5 Å². The molecule has 17 heavy (non-hydrogen) atoms. The van der Waals surface area contributed by atoms with Gasteiger partial charge in [0.05, 0.1) is 14.2 Å². The van der Waals surface area contributed by atoms with E-state index < -0.39 is 0 Å². The molecule has 1 aliphatic rings. The fraction of sp³-hybridized carbons (Fsp3) is 0.571. The van der Waals surface area contributed by atoms with Crippen LogP contribution in [0.4, 0.5) is 0 Å². The van der Waals surface area contributed by atoms with Gasteiger partial charge in [0.1, 0.15) is 0 Å². The molecule has 2 rings (SSSR count). The second-order valence-corrected chi connectivity index (χ2v) is 4.83. The highest BCUT2D eigenvalue weighted by Gasteiger charge is 2.24. The molecule has 0 spiro atoms. The number of hydrogen-bond donors (Lipinski definition) is 1. The molecule has 0 saturated heterocycles. The lowest BCUT2D eigenvalue weighted by atomic mass is 9.87. The summed E-state index contributed by atoms with van der Waals surface area (Å²) in [4.78, 5) is 0. The first-order valence-electron chi connectivity index (χ1n) is 6.15. The molecule has 3 nitrogen and oxygen atoms in total. The third kappa shape index (κ3) is 2.25. The van der Waals surface area contributed by atoms with Gasteiger partial charge in [0.25, 0.3) is 0 Å². The molecule has 94 valence electrons. The molecule has 0 aromatic heterocycles. The number of rotatable bonds is 3. The number of methoxy groups -OCH3 is 2. The SMILES string of the molecule is COc1cc2c(cc1OC)[C@H](C(C)C)NCC2. The summed E-state index contributed by atoms with van der Waals surface area (Å²) in [6.07, 6.45) is 1.05. The predicted octanol–water partition coefficient (Wildman–Crippen LogP) is 2.55. The monoisotopic (exact) mass is 235 g/mol. The van der Waals surface area contributed by atoms with E-state index in [1.54, 1.807) is 14.2 Å². The number of fused-ring (bicyclic) bond motifs is 1. The standard InChI is InChI=1S/C14H21NO2/c1-9(2)14-11-8-13(17-4)12(16-3)7-10(11)5-6-15-14/h7-9,14-15H,5-6H2,1-4H3/t14-/m0/s1. The van der Waals surface area contributed by atoms with Gasteiger partial charge in [-0.1, -0.05) is 13.8 Å². The van der Waals surface area contributed by atoms with Gasteiger partial charge in [0.15, 0.2) is 11.5 Å². The lowest BCUT2D eigenvalue weighted by Crippen LogP contribution is -2.33. The first kappa shape index (κ1) is 12.2. The average Bonchev–Trinajstić information content (AvgIpc) is 2.35. The summed E-state index contributed by atoms with van der Waals surface area (Å²) in [6, 6.07) is 4.65. The number of ether oxygens (including phenoxy) is 2. The molecule has 0 bridgehead atoms. The molecule has 0 aliphatic carbocycles. The lowest BCUT2D eigenvalue weighted by Gasteiger charge is -2.30. The molecule has 0 fully saturated rings. The molecule has 1 aromatic rings. The van der Waals surface area contributed by atoms with E-state index in [1.807, 2.05) is 0 Å². The molecule has 0 amide bonds.